The smallest absolute Gasteiger partial charge is 0.0652 e. The second-order valence-electron chi connectivity index (χ2n) is 5.29. The summed E-state index contributed by atoms with van der Waals surface area (Å²) in [7, 11) is 0. The van der Waals surface area contributed by atoms with Crippen molar-refractivity contribution < 1.29 is 5.11 Å². The van der Waals surface area contributed by atoms with Crippen LogP contribution in [0.5, 0.6) is 0 Å². The maximum Gasteiger partial charge on any atom is 0.0652 e. The van der Waals surface area contributed by atoms with E-state index in [2.05, 4.69) is 42.2 Å². The molecule has 1 heterocycles. The molecule has 0 fully saturated rings. The summed E-state index contributed by atoms with van der Waals surface area (Å²) in [5.41, 5.74) is 4.90. The van der Waals surface area contributed by atoms with E-state index in [0.29, 0.717) is 0 Å². The van der Waals surface area contributed by atoms with Crippen molar-refractivity contribution in [1.29, 1.82) is 0 Å². The van der Waals surface area contributed by atoms with E-state index < -0.39 is 0 Å². The first-order valence-corrected chi connectivity index (χ1v) is 6.97. The molecule has 0 radical (unpaired) electrons. The molecule has 0 saturated heterocycles. The van der Waals surface area contributed by atoms with Crippen LogP contribution in [0.1, 0.15) is 35.2 Å². The summed E-state index contributed by atoms with van der Waals surface area (Å²) in [6.45, 7) is 2.13. The molecule has 0 spiro atoms. The number of pyridine rings is 1. The number of hydrogen-bond acceptors (Lipinski definition) is 2. The Labute approximate surface area is 114 Å². The first-order chi connectivity index (χ1) is 9.28. The fourth-order valence-corrected chi connectivity index (χ4v) is 2.91. The second kappa shape index (κ2) is 5.14. The summed E-state index contributed by atoms with van der Waals surface area (Å²) in [6, 6.07) is 12.6. The largest absolute Gasteiger partial charge is 0.392 e. The van der Waals surface area contributed by atoms with Gasteiger partial charge in [-0.05, 0) is 42.0 Å². The van der Waals surface area contributed by atoms with Crippen LogP contribution < -0.4 is 0 Å². The number of aryl methyl sites for hydroxylation is 1. The molecule has 1 N–H and O–H groups in total. The highest BCUT2D eigenvalue weighted by Gasteiger charge is 2.30. The number of benzene rings is 1. The van der Waals surface area contributed by atoms with Crippen molar-refractivity contribution in [2.24, 2.45) is 0 Å². The standard InChI is InChI=1S/C17H19NO/c1-2-12-7-8-14(18-11-12)10-16-15-6-4-3-5-13(15)9-17(16)19/h3-8,11,16-17,19H,2,9-10H2,1H3/t16-,17+/m0/s1. The van der Waals surface area contributed by atoms with Crippen molar-refractivity contribution in [1.82, 2.24) is 4.98 Å². The lowest BCUT2D eigenvalue weighted by molar-refractivity contribution is 0.155. The van der Waals surface area contributed by atoms with E-state index in [9.17, 15) is 5.11 Å². The zero-order chi connectivity index (χ0) is 13.2. The number of rotatable bonds is 3. The average Bonchev–Trinajstić information content (AvgIpc) is 2.76. The number of aromatic nitrogens is 1. The third kappa shape index (κ3) is 2.41. The molecule has 1 aromatic heterocycles. The normalized spacial score (nSPS) is 21.4. The summed E-state index contributed by atoms with van der Waals surface area (Å²) in [4.78, 5) is 4.51. The highest BCUT2D eigenvalue weighted by molar-refractivity contribution is 5.37. The van der Waals surface area contributed by atoms with Gasteiger partial charge in [0.2, 0.25) is 0 Å². The molecule has 0 bridgehead atoms. The zero-order valence-corrected chi connectivity index (χ0v) is 11.2. The Hall–Kier alpha value is -1.67. The monoisotopic (exact) mass is 253 g/mol. The highest BCUT2D eigenvalue weighted by atomic mass is 16.3. The van der Waals surface area contributed by atoms with E-state index in [1.54, 1.807) is 0 Å². The van der Waals surface area contributed by atoms with Gasteiger partial charge in [-0.25, -0.2) is 0 Å². The molecule has 19 heavy (non-hydrogen) atoms. The van der Waals surface area contributed by atoms with Crippen LogP contribution in [0.25, 0.3) is 0 Å². The number of aliphatic hydroxyl groups excluding tert-OH is 1. The molecule has 1 aliphatic rings. The number of hydrogen-bond donors (Lipinski definition) is 1. The Bertz CT molecular complexity index is 562. The minimum Gasteiger partial charge on any atom is -0.392 e. The SMILES string of the molecule is CCc1ccc(C[C@H]2c3ccccc3C[C@H]2O)nc1. The first kappa shape index (κ1) is 12.4. The van der Waals surface area contributed by atoms with Crippen molar-refractivity contribution in [3.05, 3.63) is 65.0 Å². The topological polar surface area (TPSA) is 33.1 Å². The summed E-state index contributed by atoms with van der Waals surface area (Å²) >= 11 is 0. The number of aliphatic hydroxyl groups is 1. The molecule has 0 saturated carbocycles. The van der Waals surface area contributed by atoms with Crippen LogP contribution in [0.15, 0.2) is 42.6 Å². The van der Waals surface area contributed by atoms with Gasteiger partial charge in [-0.2, -0.15) is 0 Å². The van der Waals surface area contributed by atoms with Gasteiger partial charge in [0, 0.05) is 17.8 Å². The quantitative estimate of drug-likeness (QED) is 0.912. The van der Waals surface area contributed by atoms with Gasteiger partial charge in [-0.1, -0.05) is 37.3 Å². The van der Waals surface area contributed by atoms with Gasteiger partial charge >= 0.3 is 0 Å². The maximum atomic E-state index is 10.2. The van der Waals surface area contributed by atoms with E-state index >= 15 is 0 Å². The Morgan fingerprint density at radius 1 is 1.21 bits per heavy atom. The van der Waals surface area contributed by atoms with Crippen LogP contribution in [0, 0.1) is 0 Å². The second-order valence-corrected chi connectivity index (χ2v) is 5.29. The Morgan fingerprint density at radius 2 is 2.05 bits per heavy atom. The lowest BCUT2D eigenvalue weighted by Crippen LogP contribution is -2.16. The van der Waals surface area contributed by atoms with Crippen LogP contribution in [-0.2, 0) is 19.3 Å². The van der Waals surface area contributed by atoms with Crippen molar-refractivity contribution in [3.63, 3.8) is 0 Å². The summed E-state index contributed by atoms with van der Waals surface area (Å²) < 4.78 is 0. The molecule has 2 heteroatoms. The fraction of sp³-hybridized carbons (Fsp3) is 0.353. The molecule has 98 valence electrons. The van der Waals surface area contributed by atoms with Gasteiger partial charge in [0.05, 0.1) is 6.10 Å². The van der Waals surface area contributed by atoms with Crippen molar-refractivity contribution in [3.8, 4) is 0 Å². The third-order valence-electron chi connectivity index (χ3n) is 4.07. The van der Waals surface area contributed by atoms with Crippen LogP contribution in [-0.4, -0.2) is 16.2 Å². The van der Waals surface area contributed by atoms with E-state index in [-0.39, 0.29) is 12.0 Å². The van der Waals surface area contributed by atoms with Crippen LogP contribution >= 0.6 is 0 Å². The van der Waals surface area contributed by atoms with Crippen molar-refractivity contribution >= 4 is 0 Å². The summed E-state index contributed by atoms with van der Waals surface area (Å²) in [6.07, 6.45) is 4.28. The Morgan fingerprint density at radius 3 is 2.79 bits per heavy atom. The van der Waals surface area contributed by atoms with Crippen LogP contribution in [0.3, 0.4) is 0 Å². The van der Waals surface area contributed by atoms with Gasteiger partial charge in [-0.3, -0.25) is 4.98 Å². The zero-order valence-electron chi connectivity index (χ0n) is 11.2. The minimum absolute atomic E-state index is 0.191. The fourth-order valence-electron chi connectivity index (χ4n) is 2.91. The van der Waals surface area contributed by atoms with E-state index in [4.69, 9.17) is 0 Å². The molecule has 1 aliphatic carbocycles. The van der Waals surface area contributed by atoms with Gasteiger partial charge < -0.3 is 5.11 Å². The maximum absolute atomic E-state index is 10.2. The Balaban J connectivity index is 1.82. The van der Waals surface area contributed by atoms with Crippen molar-refractivity contribution in [2.45, 2.75) is 38.2 Å². The van der Waals surface area contributed by atoms with E-state index in [0.717, 1.165) is 25.0 Å². The molecule has 0 amide bonds. The van der Waals surface area contributed by atoms with Gasteiger partial charge in [-0.15, -0.1) is 0 Å². The molecule has 2 aromatic rings. The lowest BCUT2D eigenvalue weighted by atomic mass is 9.94. The molecule has 1 aromatic carbocycles. The van der Waals surface area contributed by atoms with Crippen molar-refractivity contribution in [2.75, 3.05) is 0 Å². The number of fused-ring (bicyclic) bond motifs is 1. The molecule has 2 nitrogen and oxygen atoms in total. The molecular weight excluding hydrogens is 234 g/mol. The molecule has 3 rings (SSSR count). The summed E-state index contributed by atoms with van der Waals surface area (Å²) in [5.74, 6) is 0.191. The van der Waals surface area contributed by atoms with E-state index in [1.807, 2.05) is 12.3 Å². The van der Waals surface area contributed by atoms with Gasteiger partial charge in [0.15, 0.2) is 0 Å². The third-order valence-corrected chi connectivity index (χ3v) is 4.07. The predicted molar refractivity (Wildman–Crippen MR) is 76.2 cm³/mol. The molecule has 0 aliphatic heterocycles. The van der Waals surface area contributed by atoms with Crippen LogP contribution in [0.4, 0.5) is 0 Å². The lowest BCUT2D eigenvalue weighted by Gasteiger charge is -2.15. The van der Waals surface area contributed by atoms with Gasteiger partial charge in [0.1, 0.15) is 0 Å². The predicted octanol–water partition coefficient (Wildman–Crippen LogP) is 2.89. The average molecular weight is 253 g/mol. The minimum atomic E-state index is -0.273. The number of nitrogens with zero attached hydrogens (tertiary/aromatic N) is 1. The van der Waals surface area contributed by atoms with Gasteiger partial charge in [0.25, 0.3) is 0 Å². The van der Waals surface area contributed by atoms with E-state index in [1.165, 1.54) is 16.7 Å². The van der Waals surface area contributed by atoms with Crippen LogP contribution in [0.2, 0.25) is 0 Å². The summed E-state index contributed by atoms with van der Waals surface area (Å²) in [5, 5.41) is 10.2. The first-order valence-electron chi connectivity index (χ1n) is 6.97. The Kier molecular flexibility index (Phi) is 3.34. The highest BCUT2D eigenvalue weighted by Crippen LogP contribution is 2.35. The molecular formula is C17H19NO. The molecule has 0 unspecified atom stereocenters. The molecule has 2 atom stereocenters.